The molecule has 0 aliphatic carbocycles. The van der Waals surface area contributed by atoms with Gasteiger partial charge in [-0.1, -0.05) is 30.7 Å². The summed E-state index contributed by atoms with van der Waals surface area (Å²) in [4.78, 5) is 0.536. The van der Waals surface area contributed by atoms with Crippen LogP contribution in [-0.4, -0.2) is 11.5 Å². The summed E-state index contributed by atoms with van der Waals surface area (Å²) in [5.41, 5.74) is 7.73. The van der Waals surface area contributed by atoms with Crippen molar-refractivity contribution in [2.45, 2.75) is 13.8 Å². The van der Waals surface area contributed by atoms with Crippen molar-refractivity contribution in [1.82, 2.24) is 0 Å². The molecule has 1 aromatic rings. The molecule has 0 aliphatic heterocycles. The SMILES string of the molecule is Cc1cc(Cl)ccc1NCC(C)C(N)=S. The molecular weight excluding hydrogens is 228 g/mol. The van der Waals surface area contributed by atoms with Gasteiger partial charge in [-0.15, -0.1) is 0 Å². The van der Waals surface area contributed by atoms with Crippen LogP contribution < -0.4 is 11.1 Å². The molecule has 1 atom stereocenters. The molecule has 0 heterocycles. The summed E-state index contributed by atoms with van der Waals surface area (Å²) in [7, 11) is 0. The Morgan fingerprint density at radius 2 is 2.27 bits per heavy atom. The largest absolute Gasteiger partial charge is 0.393 e. The van der Waals surface area contributed by atoms with E-state index in [9.17, 15) is 0 Å². The summed E-state index contributed by atoms with van der Waals surface area (Å²) in [6, 6.07) is 5.75. The van der Waals surface area contributed by atoms with Crippen LogP contribution in [0.25, 0.3) is 0 Å². The van der Waals surface area contributed by atoms with Crippen LogP contribution in [0.15, 0.2) is 18.2 Å². The van der Waals surface area contributed by atoms with Gasteiger partial charge in [0.05, 0.1) is 4.99 Å². The number of thiocarbonyl (C=S) groups is 1. The van der Waals surface area contributed by atoms with Crippen molar-refractivity contribution >= 4 is 34.5 Å². The summed E-state index contributed by atoms with van der Waals surface area (Å²) in [5.74, 6) is 0.190. The van der Waals surface area contributed by atoms with E-state index in [0.717, 1.165) is 22.8 Å². The molecule has 0 saturated heterocycles. The predicted octanol–water partition coefficient (Wildman–Crippen LogP) is 2.98. The molecule has 82 valence electrons. The maximum absolute atomic E-state index is 5.86. The second kappa shape index (κ2) is 5.33. The Morgan fingerprint density at radius 1 is 1.60 bits per heavy atom. The zero-order valence-electron chi connectivity index (χ0n) is 8.88. The lowest BCUT2D eigenvalue weighted by atomic mass is 10.1. The normalized spacial score (nSPS) is 12.2. The van der Waals surface area contributed by atoms with Gasteiger partial charge in [0.1, 0.15) is 0 Å². The minimum absolute atomic E-state index is 0.190. The van der Waals surface area contributed by atoms with Gasteiger partial charge in [0, 0.05) is 23.2 Å². The average Bonchev–Trinajstić information content (AvgIpc) is 2.15. The maximum Gasteiger partial charge on any atom is 0.0773 e. The number of halogens is 1. The van der Waals surface area contributed by atoms with Gasteiger partial charge in [0.2, 0.25) is 0 Å². The average molecular weight is 243 g/mol. The molecule has 0 aromatic heterocycles. The third-order valence-corrected chi connectivity index (χ3v) is 2.91. The summed E-state index contributed by atoms with van der Waals surface area (Å²) < 4.78 is 0. The summed E-state index contributed by atoms with van der Waals surface area (Å²) in [6.45, 7) is 4.76. The number of rotatable bonds is 4. The van der Waals surface area contributed by atoms with Crippen molar-refractivity contribution in [3.8, 4) is 0 Å². The third kappa shape index (κ3) is 3.68. The van der Waals surface area contributed by atoms with E-state index in [1.54, 1.807) is 0 Å². The topological polar surface area (TPSA) is 38.0 Å². The van der Waals surface area contributed by atoms with E-state index in [2.05, 4.69) is 5.32 Å². The number of anilines is 1. The van der Waals surface area contributed by atoms with E-state index < -0.39 is 0 Å². The van der Waals surface area contributed by atoms with Gasteiger partial charge in [0.15, 0.2) is 0 Å². The number of hydrogen-bond donors (Lipinski definition) is 2. The Labute approximate surface area is 101 Å². The smallest absolute Gasteiger partial charge is 0.0773 e. The fourth-order valence-corrected chi connectivity index (χ4v) is 1.50. The molecule has 2 nitrogen and oxygen atoms in total. The van der Waals surface area contributed by atoms with Crippen molar-refractivity contribution in [1.29, 1.82) is 0 Å². The molecule has 1 unspecified atom stereocenters. The van der Waals surface area contributed by atoms with Crippen LogP contribution in [0.4, 0.5) is 5.69 Å². The molecule has 3 N–H and O–H groups in total. The Hall–Kier alpha value is -0.800. The first kappa shape index (κ1) is 12.3. The van der Waals surface area contributed by atoms with Crippen molar-refractivity contribution in [2.24, 2.45) is 11.7 Å². The van der Waals surface area contributed by atoms with Gasteiger partial charge in [-0.3, -0.25) is 0 Å². The Balaban J connectivity index is 2.62. The molecule has 1 aromatic carbocycles. The van der Waals surface area contributed by atoms with Crippen LogP contribution in [0.5, 0.6) is 0 Å². The van der Waals surface area contributed by atoms with Crippen molar-refractivity contribution in [3.05, 3.63) is 28.8 Å². The Morgan fingerprint density at radius 3 is 2.80 bits per heavy atom. The number of hydrogen-bond acceptors (Lipinski definition) is 2. The minimum Gasteiger partial charge on any atom is -0.393 e. The van der Waals surface area contributed by atoms with Crippen LogP contribution in [0.3, 0.4) is 0 Å². The quantitative estimate of drug-likeness (QED) is 0.798. The lowest BCUT2D eigenvalue weighted by Gasteiger charge is -2.13. The maximum atomic E-state index is 5.86. The summed E-state index contributed by atoms with van der Waals surface area (Å²) in [5, 5.41) is 4.05. The molecule has 0 saturated carbocycles. The highest BCUT2D eigenvalue weighted by Gasteiger charge is 2.05. The second-order valence-electron chi connectivity index (χ2n) is 3.64. The van der Waals surface area contributed by atoms with Gasteiger partial charge in [-0.2, -0.15) is 0 Å². The lowest BCUT2D eigenvalue weighted by molar-refractivity contribution is 0.820. The molecule has 0 fully saturated rings. The van der Waals surface area contributed by atoms with Crippen LogP contribution in [0.2, 0.25) is 5.02 Å². The van der Waals surface area contributed by atoms with Gasteiger partial charge in [-0.25, -0.2) is 0 Å². The number of nitrogens with one attached hydrogen (secondary N) is 1. The fourth-order valence-electron chi connectivity index (χ4n) is 1.19. The molecule has 15 heavy (non-hydrogen) atoms. The first-order chi connectivity index (χ1) is 7.00. The van der Waals surface area contributed by atoms with E-state index >= 15 is 0 Å². The van der Waals surface area contributed by atoms with Crippen molar-refractivity contribution in [3.63, 3.8) is 0 Å². The molecule has 0 aliphatic rings. The fraction of sp³-hybridized carbons (Fsp3) is 0.364. The number of aryl methyl sites for hydroxylation is 1. The Kier molecular flexibility index (Phi) is 4.36. The predicted molar refractivity (Wildman–Crippen MR) is 70.6 cm³/mol. The molecule has 0 bridgehead atoms. The Bertz CT molecular complexity index is 366. The van der Waals surface area contributed by atoms with Crippen LogP contribution in [0, 0.1) is 12.8 Å². The van der Waals surface area contributed by atoms with E-state index in [0.29, 0.717) is 4.99 Å². The molecule has 0 spiro atoms. The first-order valence-corrected chi connectivity index (χ1v) is 5.58. The van der Waals surface area contributed by atoms with Crippen molar-refractivity contribution < 1.29 is 0 Å². The molecule has 0 radical (unpaired) electrons. The standard InChI is InChI=1S/C11H15ClN2S/c1-7-5-9(12)3-4-10(7)14-6-8(2)11(13)15/h3-5,8,14H,6H2,1-2H3,(H2,13,15). The van der Waals surface area contributed by atoms with E-state index in [1.165, 1.54) is 0 Å². The van der Waals surface area contributed by atoms with Crippen LogP contribution >= 0.6 is 23.8 Å². The summed E-state index contributed by atoms with van der Waals surface area (Å²) in [6.07, 6.45) is 0. The zero-order valence-corrected chi connectivity index (χ0v) is 10.5. The third-order valence-electron chi connectivity index (χ3n) is 2.27. The van der Waals surface area contributed by atoms with Gasteiger partial charge >= 0.3 is 0 Å². The second-order valence-corrected chi connectivity index (χ2v) is 4.55. The zero-order chi connectivity index (χ0) is 11.4. The highest BCUT2D eigenvalue weighted by atomic mass is 35.5. The van der Waals surface area contributed by atoms with Gasteiger partial charge in [-0.05, 0) is 30.7 Å². The van der Waals surface area contributed by atoms with Crippen LogP contribution in [0.1, 0.15) is 12.5 Å². The van der Waals surface area contributed by atoms with Gasteiger partial charge in [0.25, 0.3) is 0 Å². The first-order valence-electron chi connectivity index (χ1n) is 4.80. The molecular formula is C11H15ClN2S. The lowest BCUT2D eigenvalue weighted by Crippen LogP contribution is -2.25. The number of benzene rings is 1. The molecule has 1 rings (SSSR count). The molecule has 0 amide bonds. The highest BCUT2D eigenvalue weighted by Crippen LogP contribution is 2.19. The van der Waals surface area contributed by atoms with E-state index in [1.807, 2.05) is 32.0 Å². The van der Waals surface area contributed by atoms with E-state index in [4.69, 9.17) is 29.6 Å². The number of nitrogens with two attached hydrogens (primary N) is 1. The van der Waals surface area contributed by atoms with Gasteiger partial charge < -0.3 is 11.1 Å². The van der Waals surface area contributed by atoms with Crippen molar-refractivity contribution in [2.75, 3.05) is 11.9 Å². The van der Waals surface area contributed by atoms with E-state index in [-0.39, 0.29) is 5.92 Å². The minimum atomic E-state index is 0.190. The molecule has 4 heteroatoms. The van der Waals surface area contributed by atoms with Crippen LogP contribution in [-0.2, 0) is 0 Å². The highest BCUT2D eigenvalue weighted by molar-refractivity contribution is 7.80. The summed E-state index contributed by atoms with van der Waals surface area (Å²) >= 11 is 10.8. The monoisotopic (exact) mass is 242 g/mol.